The number of rotatable bonds is 7. The minimum atomic E-state index is 0.0476. The molecule has 1 rings (SSSR count). The van der Waals surface area contributed by atoms with Gasteiger partial charge in [0.25, 0.3) is 0 Å². The Hall–Kier alpha value is -0.870. The van der Waals surface area contributed by atoms with Gasteiger partial charge in [0.05, 0.1) is 12.2 Å². The number of amides is 1. The molecular formula is C15H23BrN2O. The van der Waals surface area contributed by atoms with Gasteiger partial charge in [0.15, 0.2) is 0 Å². The summed E-state index contributed by atoms with van der Waals surface area (Å²) in [5.41, 5.74) is 2.01. The van der Waals surface area contributed by atoms with Crippen molar-refractivity contribution in [1.29, 1.82) is 0 Å². The predicted octanol–water partition coefficient (Wildman–Crippen LogP) is 3.82. The van der Waals surface area contributed by atoms with E-state index in [4.69, 9.17) is 0 Å². The minimum absolute atomic E-state index is 0.0476. The van der Waals surface area contributed by atoms with E-state index in [2.05, 4.69) is 40.0 Å². The summed E-state index contributed by atoms with van der Waals surface area (Å²) in [6.45, 7) is 8.70. The summed E-state index contributed by atoms with van der Waals surface area (Å²) in [4.78, 5) is 14.2. The van der Waals surface area contributed by atoms with Crippen LogP contribution in [-0.4, -0.2) is 30.4 Å². The molecule has 0 atom stereocenters. The maximum absolute atomic E-state index is 12.0. The molecule has 0 saturated carbocycles. The van der Waals surface area contributed by atoms with E-state index < -0.39 is 0 Å². The van der Waals surface area contributed by atoms with Crippen molar-refractivity contribution in [1.82, 2.24) is 4.90 Å². The molecule has 0 unspecified atom stereocenters. The first kappa shape index (κ1) is 16.2. The lowest BCUT2D eigenvalue weighted by Gasteiger charge is -2.20. The van der Waals surface area contributed by atoms with Crippen molar-refractivity contribution in [2.24, 2.45) is 0 Å². The van der Waals surface area contributed by atoms with Crippen molar-refractivity contribution in [3.05, 3.63) is 28.2 Å². The second-order valence-electron chi connectivity index (χ2n) is 4.81. The highest BCUT2D eigenvalue weighted by Crippen LogP contribution is 2.23. The number of hydrogen-bond donors (Lipinski definition) is 1. The van der Waals surface area contributed by atoms with Gasteiger partial charge in [0, 0.05) is 4.47 Å². The predicted molar refractivity (Wildman–Crippen MR) is 84.5 cm³/mol. The van der Waals surface area contributed by atoms with Gasteiger partial charge < -0.3 is 5.32 Å². The number of aryl methyl sites for hydroxylation is 1. The fraction of sp³-hybridized carbons (Fsp3) is 0.533. The van der Waals surface area contributed by atoms with E-state index in [0.29, 0.717) is 6.54 Å². The van der Waals surface area contributed by atoms with Gasteiger partial charge in [-0.2, -0.15) is 0 Å². The maximum Gasteiger partial charge on any atom is 0.238 e. The van der Waals surface area contributed by atoms with E-state index in [-0.39, 0.29) is 5.91 Å². The van der Waals surface area contributed by atoms with E-state index in [1.54, 1.807) is 0 Å². The lowest BCUT2D eigenvalue weighted by molar-refractivity contribution is -0.117. The Labute approximate surface area is 124 Å². The summed E-state index contributed by atoms with van der Waals surface area (Å²) in [6.07, 6.45) is 2.14. The molecule has 1 aromatic carbocycles. The highest BCUT2D eigenvalue weighted by molar-refractivity contribution is 9.10. The van der Waals surface area contributed by atoms with E-state index in [9.17, 15) is 4.79 Å². The van der Waals surface area contributed by atoms with E-state index >= 15 is 0 Å². The van der Waals surface area contributed by atoms with Crippen LogP contribution in [0, 0.1) is 6.92 Å². The SMILES string of the molecule is CCCN(CCC)CC(=O)Nc1ccc(C)cc1Br. The minimum Gasteiger partial charge on any atom is -0.324 e. The third kappa shape index (κ3) is 5.74. The molecule has 0 spiro atoms. The molecule has 0 radical (unpaired) electrons. The number of anilines is 1. The number of nitrogens with one attached hydrogen (secondary N) is 1. The van der Waals surface area contributed by atoms with Crippen molar-refractivity contribution in [3.8, 4) is 0 Å². The van der Waals surface area contributed by atoms with Crippen LogP contribution in [0.25, 0.3) is 0 Å². The van der Waals surface area contributed by atoms with E-state index in [0.717, 1.165) is 36.1 Å². The zero-order valence-electron chi connectivity index (χ0n) is 12.0. The van der Waals surface area contributed by atoms with Gasteiger partial charge >= 0.3 is 0 Å². The molecule has 3 nitrogen and oxygen atoms in total. The molecule has 1 N–H and O–H groups in total. The number of nitrogens with zero attached hydrogens (tertiary/aromatic N) is 1. The summed E-state index contributed by atoms with van der Waals surface area (Å²) >= 11 is 3.47. The lowest BCUT2D eigenvalue weighted by Crippen LogP contribution is -2.34. The van der Waals surface area contributed by atoms with Crippen LogP contribution >= 0.6 is 15.9 Å². The van der Waals surface area contributed by atoms with Crippen LogP contribution in [0.15, 0.2) is 22.7 Å². The van der Waals surface area contributed by atoms with Crippen LogP contribution in [0.3, 0.4) is 0 Å². The Balaban J connectivity index is 2.58. The zero-order valence-corrected chi connectivity index (χ0v) is 13.6. The normalized spacial score (nSPS) is 10.8. The molecule has 0 aromatic heterocycles. The average molecular weight is 327 g/mol. The number of halogens is 1. The highest BCUT2D eigenvalue weighted by atomic mass is 79.9. The molecule has 0 aliphatic rings. The summed E-state index contributed by atoms with van der Waals surface area (Å²) < 4.78 is 0.929. The maximum atomic E-state index is 12.0. The summed E-state index contributed by atoms with van der Waals surface area (Å²) in [5, 5.41) is 2.96. The first-order valence-electron chi connectivity index (χ1n) is 6.85. The highest BCUT2D eigenvalue weighted by Gasteiger charge is 2.10. The van der Waals surface area contributed by atoms with E-state index in [1.165, 1.54) is 5.56 Å². The average Bonchev–Trinajstić information content (AvgIpc) is 2.33. The third-order valence-corrected chi connectivity index (χ3v) is 3.50. The number of carbonyl (C=O) groups is 1. The Morgan fingerprint density at radius 2 is 1.89 bits per heavy atom. The lowest BCUT2D eigenvalue weighted by atomic mass is 10.2. The third-order valence-electron chi connectivity index (χ3n) is 2.85. The second-order valence-corrected chi connectivity index (χ2v) is 5.66. The van der Waals surface area contributed by atoms with Crippen molar-refractivity contribution in [2.45, 2.75) is 33.6 Å². The molecule has 0 fully saturated rings. The van der Waals surface area contributed by atoms with Gasteiger partial charge in [0.1, 0.15) is 0 Å². The molecule has 0 bridgehead atoms. The van der Waals surface area contributed by atoms with Gasteiger partial charge in [-0.3, -0.25) is 9.69 Å². The topological polar surface area (TPSA) is 32.3 Å². The largest absolute Gasteiger partial charge is 0.324 e. The van der Waals surface area contributed by atoms with Crippen LogP contribution in [0.5, 0.6) is 0 Å². The molecule has 4 heteroatoms. The van der Waals surface area contributed by atoms with Crippen LogP contribution < -0.4 is 5.32 Å². The van der Waals surface area contributed by atoms with Gasteiger partial charge in [0.2, 0.25) is 5.91 Å². The molecule has 0 heterocycles. The number of carbonyl (C=O) groups excluding carboxylic acids is 1. The van der Waals surface area contributed by atoms with Crippen molar-refractivity contribution >= 4 is 27.5 Å². The molecule has 19 heavy (non-hydrogen) atoms. The Morgan fingerprint density at radius 1 is 1.26 bits per heavy atom. The first-order chi connectivity index (χ1) is 9.06. The molecule has 0 aliphatic carbocycles. The summed E-state index contributed by atoms with van der Waals surface area (Å²) in [5.74, 6) is 0.0476. The molecule has 1 aromatic rings. The fourth-order valence-electron chi connectivity index (χ4n) is 2.02. The monoisotopic (exact) mass is 326 g/mol. The smallest absolute Gasteiger partial charge is 0.238 e. The molecule has 106 valence electrons. The Kier molecular flexibility index (Phi) is 7.10. The number of hydrogen-bond acceptors (Lipinski definition) is 2. The Bertz CT molecular complexity index is 415. The Morgan fingerprint density at radius 3 is 2.42 bits per heavy atom. The second kappa shape index (κ2) is 8.33. The molecule has 0 aliphatic heterocycles. The van der Waals surface area contributed by atoms with Gasteiger partial charge in [-0.05, 0) is 66.5 Å². The summed E-state index contributed by atoms with van der Waals surface area (Å²) in [7, 11) is 0. The van der Waals surface area contributed by atoms with Crippen LogP contribution in [0.2, 0.25) is 0 Å². The van der Waals surface area contributed by atoms with Crippen LogP contribution in [0.1, 0.15) is 32.3 Å². The quantitative estimate of drug-likeness (QED) is 0.826. The van der Waals surface area contributed by atoms with Crippen LogP contribution in [-0.2, 0) is 4.79 Å². The molecular weight excluding hydrogens is 304 g/mol. The zero-order chi connectivity index (χ0) is 14.3. The fourth-order valence-corrected chi connectivity index (χ4v) is 2.61. The standard InChI is InChI=1S/C15H23BrN2O/c1-4-8-18(9-5-2)11-15(19)17-14-7-6-12(3)10-13(14)16/h6-7,10H,4-5,8-9,11H2,1-3H3,(H,17,19). The van der Waals surface area contributed by atoms with Gasteiger partial charge in [-0.1, -0.05) is 19.9 Å². The van der Waals surface area contributed by atoms with Crippen molar-refractivity contribution in [3.63, 3.8) is 0 Å². The van der Waals surface area contributed by atoms with Gasteiger partial charge in [-0.15, -0.1) is 0 Å². The van der Waals surface area contributed by atoms with Gasteiger partial charge in [-0.25, -0.2) is 0 Å². The van der Waals surface area contributed by atoms with Crippen molar-refractivity contribution < 1.29 is 4.79 Å². The summed E-state index contributed by atoms with van der Waals surface area (Å²) in [6, 6.07) is 5.93. The number of benzene rings is 1. The first-order valence-corrected chi connectivity index (χ1v) is 7.64. The molecule has 1 amide bonds. The van der Waals surface area contributed by atoms with Crippen molar-refractivity contribution in [2.75, 3.05) is 25.0 Å². The van der Waals surface area contributed by atoms with E-state index in [1.807, 2.05) is 25.1 Å². The molecule has 0 saturated heterocycles. The van der Waals surface area contributed by atoms with Crippen LogP contribution in [0.4, 0.5) is 5.69 Å².